The van der Waals surface area contributed by atoms with E-state index in [4.69, 9.17) is 10.5 Å². The summed E-state index contributed by atoms with van der Waals surface area (Å²) in [6.07, 6.45) is 3.00. The number of nitrogens with two attached hydrogens (primary N) is 1. The Labute approximate surface area is 91.5 Å². The highest BCUT2D eigenvalue weighted by Crippen LogP contribution is 2.28. The van der Waals surface area contributed by atoms with Crippen LogP contribution in [0.2, 0.25) is 0 Å². The molecule has 1 amide bonds. The Morgan fingerprint density at radius 1 is 1.53 bits per heavy atom. The summed E-state index contributed by atoms with van der Waals surface area (Å²) in [5, 5.41) is 2.78. The van der Waals surface area contributed by atoms with Crippen LogP contribution in [0.15, 0.2) is 0 Å². The minimum atomic E-state index is -0.343. The Balaban J connectivity index is 1.93. The van der Waals surface area contributed by atoms with E-state index in [1.54, 1.807) is 0 Å². The van der Waals surface area contributed by atoms with Gasteiger partial charge in [0.05, 0.1) is 6.61 Å². The Hall–Kier alpha value is -0.610. The molecule has 0 spiro atoms. The zero-order valence-electron chi connectivity index (χ0n) is 9.71. The molecule has 1 aliphatic rings. The van der Waals surface area contributed by atoms with Gasteiger partial charge in [0.25, 0.3) is 0 Å². The van der Waals surface area contributed by atoms with Crippen LogP contribution in [0.3, 0.4) is 0 Å². The van der Waals surface area contributed by atoms with Crippen molar-refractivity contribution in [3.63, 3.8) is 0 Å². The average Bonchev–Trinajstić information content (AvgIpc) is 2.91. The Morgan fingerprint density at radius 2 is 2.20 bits per heavy atom. The van der Waals surface area contributed by atoms with Crippen molar-refractivity contribution >= 4 is 5.91 Å². The molecule has 4 heteroatoms. The molecule has 0 saturated heterocycles. The molecule has 0 aliphatic heterocycles. The first-order valence-corrected chi connectivity index (χ1v) is 5.61. The van der Waals surface area contributed by atoms with Gasteiger partial charge in [0, 0.05) is 25.1 Å². The lowest BCUT2D eigenvalue weighted by Gasteiger charge is -2.18. The van der Waals surface area contributed by atoms with Crippen molar-refractivity contribution in [1.29, 1.82) is 0 Å². The number of amides is 1. The van der Waals surface area contributed by atoms with Crippen molar-refractivity contribution < 1.29 is 9.53 Å². The quantitative estimate of drug-likeness (QED) is 0.612. The number of ether oxygens (including phenoxy) is 1. The van der Waals surface area contributed by atoms with Gasteiger partial charge in [-0.25, -0.2) is 0 Å². The number of hydrogen-bond acceptors (Lipinski definition) is 3. The van der Waals surface area contributed by atoms with Crippen LogP contribution < -0.4 is 11.1 Å². The van der Waals surface area contributed by atoms with E-state index in [0.29, 0.717) is 19.6 Å². The number of rotatable bonds is 7. The van der Waals surface area contributed by atoms with E-state index in [1.165, 1.54) is 12.8 Å². The van der Waals surface area contributed by atoms with Gasteiger partial charge in [-0.15, -0.1) is 0 Å². The third kappa shape index (κ3) is 7.33. The van der Waals surface area contributed by atoms with Gasteiger partial charge < -0.3 is 15.8 Å². The maximum Gasteiger partial charge on any atom is 0.222 e. The molecule has 88 valence electrons. The molecule has 0 atom stereocenters. The molecule has 3 N–H and O–H groups in total. The second-order valence-corrected chi connectivity index (χ2v) is 5.03. The van der Waals surface area contributed by atoms with E-state index >= 15 is 0 Å². The fourth-order valence-corrected chi connectivity index (χ4v) is 1.11. The Morgan fingerprint density at radius 3 is 2.73 bits per heavy atom. The number of carbonyl (C=O) groups excluding carboxylic acids is 1. The van der Waals surface area contributed by atoms with E-state index in [2.05, 4.69) is 5.32 Å². The fraction of sp³-hybridized carbons (Fsp3) is 0.909. The minimum absolute atomic E-state index is 0.0179. The summed E-state index contributed by atoms with van der Waals surface area (Å²) in [4.78, 5) is 11.3. The first kappa shape index (κ1) is 12.5. The van der Waals surface area contributed by atoms with Crippen LogP contribution in [0.5, 0.6) is 0 Å². The van der Waals surface area contributed by atoms with E-state index in [-0.39, 0.29) is 11.4 Å². The molecule has 0 aromatic rings. The second kappa shape index (κ2) is 5.47. The van der Waals surface area contributed by atoms with Gasteiger partial charge in [-0.05, 0) is 32.6 Å². The van der Waals surface area contributed by atoms with Gasteiger partial charge in [-0.3, -0.25) is 4.79 Å². The Bertz CT molecular complexity index is 207. The van der Waals surface area contributed by atoms with E-state index in [1.807, 2.05) is 13.8 Å². The summed E-state index contributed by atoms with van der Waals surface area (Å²) in [5.41, 5.74) is 5.40. The highest BCUT2D eigenvalue weighted by Gasteiger charge is 2.21. The third-order valence-corrected chi connectivity index (χ3v) is 2.27. The normalized spacial score (nSPS) is 16.5. The van der Waals surface area contributed by atoms with E-state index in [9.17, 15) is 4.79 Å². The molecule has 4 nitrogen and oxygen atoms in total. The maximum absolute atomic E-state index is 11.3. The summed E-state index contributed by atoms with van der Waals surface area (Å²) in [6.45, 7) is 5.62. The number of nitrogens with one attached hydrogen (secondary N) is 1. The standard InChI is InChI=1S/C11H22N2O2/c1-11(2,12)8-13-10(14)5-6-15-7-9-3-4-9/h9H,3-8,12H2,1-2H3,(H,13,14). The highest BCUT2D eigenvalue weighted by atomic mass is 16.5. The molecule has 0 heterocycles. The molecule has 1 rings (SSSR count). The average molecular weight is 214 g/mol. The fourth-order valence-electron chi connectivity index (χ4n) is 1.11. The SMILES string of the molecule is CC(C)(N)CNC(=O)CCOCC1CC1. The topological polar surface area (TPSA) is 64.3 Å². The van der Waals surface area contributed by atoms with Crippen molar-refractivity contribution in [2.75, 3.05) is 19.8 Å². The molecule has 0 radical (unpaired) electrons. The summed E-state index contributed by atoms with van der Waals surface area (Å²) < 4.78 is 5.37. The summed E-state index contributed by atoms with van der Waals surface area (Å²) in [6, 6.07) is 0. The van der Waals surface area contributed by atoms with Crippen LogP contribution in [0.25, 0.3) is 0 Å². The molecular weight excluding hydrogens is 192 g/mol. The minimum Gasteiger partial charge on any atom is -0.381 e. The Kier molecular flexibility index (Phi) is 4.54. The summed E-state index contributed by atoms with van der Waals surface area (Å²) in [7, 11) is 0. The smallest absolute Gasteiger partial charge is 0.222 e. The van der Waals surface area contributed by atoms with Gasteiger partial charge in [0.1, 0.15) is 0 Å². The number of hydrogen-bond donors (Lipinski definition) is 2. The van der Waals surface area contributed by atoms with Gasteiger partial charge in [-0.2, -0.15) is 0 Å². The molecule has 0 unspecified atom stereocenters. The first-order chi connectivity index (χ1) is 6.97. The van der Waals surface area contributed by atoms with Crippen LogP contribution in [0.1, 0.15) is 33.1 Å². The van der Waals surface area contributed by atoms with Crippen LogP contribution in [0.4, 0.5) is 0 Å². The molecule has 1 aliphatic carbocycles. The molecule has 0 aromatic carbocycles. The predicted molar refractivity (Wildman–Crippen MR) is 59.4 cm³/mol. The monoisotopic (exact) mass is 214 g/mol. The molecule has 15 heavy (non-hydrogen) atoms. The first-order valence-electron chi connectivity index (χ1n) is 5.61. The van der Waals surface area contributed by atoms with E-state index in [0.717, 1.165) is 12.5 Å². The second-order valence-electron chi connectivity index (χ2n) is 5.03. The van der Waals surface area contributed by atoms with Crippen LogP contribution in [-0.2, 0) is 9.53 Å². The molecular formula is C11H22N2O2. The predicted octanol–water partition coefficient (Wildman–Crippen LogP) is 0.657. The largest absolute Gasteiger partial charge is 0.381 e. The summed E-state index contributed by atoms with van der Waals surface area (Å²) >= 11 is 0. The van der Waals surface area contributed by atoms with Crippen LogP contribution in [0, 0.1) is 5.92 Å². The van der Waals surface area contributed by atoms with Gasteiger partial charge in [-0.1, -0.05) is 0 Å². The van der Waals surface area contributed by atoms with Crippen molar-refractivity contribution in [2.45, 2.75) is 38.6 Å². The molecule has 1 fully saturated rings. The zero-order chi connectivity index (χ0) is 11.3. The zero-order valence-corrected chi connectivity index (χ0v) is 9.71. The van der Waals surface area contributed by atoms with Crippen molar-refractivity contribution in [1.82, 2.24) is 5.32 Å². The lowest BCUT2D eigenvalue weighted by molar-refractivity contribution is -0.122. The molecule has 0 aromatic heterocycles. The van der Waals surface area contributed by atoms with Crippen molar-refractivity contribution in [2.24, 2.45) is 11.7 Å². The molecule has 0 bridgehead atoms. The lowest BCUT2D eigenvalue weighted by Crippen LogP contribution is -2.45. The maximum atomic E-state index is 11.3. The highest BCUT2D eigenvalue weighted by molar-refractivity contribution is 5.76. The summed E-state index contributed by atoms with van der Waals surface area (Å²) in [5.74, 6) is 0.778. The van der Waals surface area contributed by atoms with Crippen molar-refractivity contribution in [3.05, 3.63) is 0 Å². The third-order valence-electron chi connectivity index (χ3n) is 2.27. The van der Waals surface area contributed by atoms with Crippen molar-refractivity contribution in [3.8, 4) is 0 Å². The number of carbonyl (C=O) groups is 1. The van der Waals surface area contributed by atoms with Gasteiger partial charge in [0.2, 0.25) is 5.91 Å². The van der Waals surface area contributed by atoms with Crippen LogP contribution in [-0.4, -0.2) is 31.2 Å². The lowest BCUT2D eigenvalue weighted by atomic mass is 10.1. The van der Waals surface area contributed by atoms with Gasteiger partial charge in [0.15, 0.2) is 0 Å². The van der Waals surface area contributed by atoms with Crippen LogP contribution >= 0.6 is 0 Å². The molecule has 1 saturated carbocycles. The van der Waals surface area contributed by atoms with Gasteiger partial charge >= 0.3 is 0 Å². The van der Waals surface area contributed by atoms with E-state index < -0.39 is 0 Å².